The second-order valence-corrected chi connectivity index (χ2v) is 6.97. The minimum Gasteiger partial charge on any atom is -0.273 e. The fourth-order valence-electron chi connectivity index (χ4n) is 3.01. The molecule has 3 rings (SSSR count). The quantitative estimate of drug-likeness (QED) is 0.587. The molecule has 0 N–H and O–H groups in total. The molecular weight excluding hydrogens is 314 g/mol. The number of nitrogens with zero attached hydrogens (tertiary/aromatic N) is 1. The van der Waals surface area contributed by atoms with Crippen LogP contribution in [0.3, 0.4) is 0 Å². The Bertz CT molecular complexity index is 537. The Morgan fingerprint density at radius 2 is 2.00 bits per heavy atom. The Morgan fingerprint density at radius 1 is 1.28 bits per heavy atom. The molecule has 1 fully saturated rings. The number of hydrogen-bond acceptors (Lipinski definition) is 3. The van der Waals surface area contributed by atoms with Crippen LogP contribution in [0.25, 0.3) is 0 Å². The average molecular weight is 328 g/mol. The van der Waals surface area contributed by atoms with E-state index in [4.69, 9.17) is 0 Å². The van der Waals surface area contributed by atoms with Gasteiger partial charge >= 0.3 is 0 Å². The monoisotopic (exact) mass is 327 g/mol. The van der Waals surface area contributed by atoms with Crippen molar-refractivity contribution in [2.24, 2.45) is 0 Å². The fraction of sp³-hybridized carbons (Fsp3) is 0.538. The Hall–Kier alpha value is -0.680. The van der Waals surface area contributed by atoms with E-state index in [0.29, 0.717) is 6.42 Å². The molecule has 96 valence electrons. The average Bonchev–Trinajstić information content (AvgIpc) is 2.80. The van der Waals surface area contributed by atoms with Crippen LogP contribution < -0.4 is 0 Å². The summed E-state index contributed by atoms with van der Waals surface area (Å²) in [7, 11) is 0. The third kappa shape index (κ3) is 1.75. The molecule has 3 nitrogen and oxygen atoms in total. The normalized spacial score (nSPS) is 23.7. The van der Waals surface area contributed by atoms with Crippen molar-refractivity contribution in [2.45, 2.75) is 44.9 Å². The standard InChI is InChI=1S/C13H14BrNO2S/c1-7-12(8-4-2-3-5-10(8)18-7)9-6-11(16)15(14)13(9)17/h9H,2-6H2,1H3. The number of rotatable bonds is 1. The number of aryl methyl sites for hydroxylation is 2. The van der Waals surface area contributed by atoms with Crippen LogP contribution in [-0.4, -0.2) is 15.7 Å². The van der Waals surface area contributed by atoms with Crippen molar-refractivity contribution in [2.75, 3.05) is 0 Å². The molecule has 1 atom stereocenters. The molecule has 1 saturated heterocycles. The summed E-state index contributed by atoms with van der Waals surface area (Å²) in [6.45, 7) is 2.08. The number of carbonyl (C=O) groups excluding carboxylic acids is 2. The highest BCUT2D eigenvalue weighted by atomic mass is 79.9. The topological polar surface area (TPSA) is 37.4 Å². The molecule has 0 saturated carbocycles. The predicted octanol–water partition coefficient (Wildman–Crippen LogP) is 3.09. The minimum atomic E-state index is -0.255. The Kier molecular flexibility index (Phi) is 3.06. The third-order valence-corrected chi connectivity index (χ3v) is 5.80. The summed E-state index contributed by atoms with van der Waals surface area (Å²) in [5.74, 6) is -0.482. The molecule has 0 bridgehead atoms. The van der Waals surface area contributed by atoms with Crippen molar-refractivity contribution >= 4 is 39.3 Å². The van der Waals surface area contributed by atoms with Gasteiger partial charge in [-0.25, -0.2) is 3.93 Å². The van der Waals surface area contributed by atoms with Crippen molar-refractivity contribution in [1.82, 2.24) is 3.93 Å². The van der Waals surface area contributed by atoms with Crippen molar-refractivity contribution in [3.05, 3.63) is 20.9 Å². The van der Waals surface area contributed by atoms with E-state index < -0.39 is 0 Å². The van der Waals surface area contributed by atoms with Gasteiger partial charge in [-0.2, -0.15) is 0 Å². The molecule has 18 heavy (non-hydrogen) atoms. The molecule has 0 radical (unpaired) electrons. The first kappa shape index (κ1) is 12.4. The van der Waals surface area contributed by atoms with Gasteiger partial charge < -0.3 is 0 Å². The van der Waals surface area contributed by atoms with Gasteiger partial charge in [0.15, 0.2) is 0 Å². The van der Waals surface area contributed by atoms with E-state index >= 15 is 0 Å². The summed E-state index contributed by atoms with van der Waals surface area (Å²) in [5.41, 5.74) is 2.51. The van der Waals surface area contributed by atoms with Crippen LogP contribution in [0.15, 0.2) is 0 Å². The first-order valence-corrected chi connectivity index (χ1v) is 7.75. The number of imide groups is 1. The number of amides is 2. The van der Waals surface area contributed by atoms with E-state index in [1.54, 1.807) is 0 Å². The van der Waals surface area contributed by atoms with E-state index in [2.05, 4.69) is 23.1 Å². The number of carbonyl (C=O) groups is 2. The molecular formula is C13H14BrNO2S. The Labute approximate surface area is 119 Å². The maximum absolute atomic E-state index is 12.1. The third-order valence-electron chi connectivity index (χ3n) is 3.84. The van der Waals surface area contributed by atoms with Crippen LogP contribution in [0.5, 0.6) is 0 Å². The molecule has 2 aliphatic rings. The maximum atomic E-state index is 12.1. The summed E-state index contributed by atoms with van der Waals surface area (Å²) >= 11 is 4.86. The molecule has 1 aliphatic carbocycles. The molecule has 0 spiro atoms. The van der Waals surface area contributed by atoms with Crippen molar-refractivity contribution in [3.8, 4) is 0 Å². The molecule has 1 aliphatic heterocycles. The fourth-order valence-corrected chi connectivity index (χ4v) is 4.73. The lowest BCUT2D eigenvalue weighted by Gasteiger charge is -2.15. The molecule has 1 aromatic heterocycles. The van der Waals surface area contributed by atoms with Gasteiger partial charge in [0.05, 0.1) is 22.1 Å². The number of fused-ring (bicyclic) bond motifs is 1. The Balaban J connectivity index is 2.05. The molecule has 0 aromatic carbocycles. The molecule has 1 aromatic rings. The van der Waals surface area contributed by atoms with Crippen LogP contribution in [-0.2, 0) is 22.4 Å². The zero-order valence-corrected chi connectivity index (χ0v) is 12.6. The van der Waals surface area contributed by atoms with Gasteiger partial charge in [-0.3, -0.25) is 9.59 Å². The lowest BCUT2D eigenvalue weighted by atomic mass is 9.87. The smallest absolute Gasteiger partial charge is 0.247 e. The number of halogens is 1. The molecule has 2 heterocycles. The first-order chi connectivity index (χ1) is 8.59. The number of hydrogen-bond donors (Lipinski definition) is 0. The lowest BCUT2D eigenvalue weighted by Crippen LogP contribution is -2.19. The van der Waals surface area contributed by atoms with Gasteiger partial charge in [0.1, 0.15) is 0 Å². The summed E-state index contributed by atoms with van der Waals surface area (Å²) in [6, 6.07) is 0. The van der Waals surface area contributed by atoms with E-state index in [1.807, 2.05) is 11.3 Å². The van der Waals surface area contributed by atoms with Crippen molar-refractivity contribution in [1.29, 1.82) is 0 Å². The summed E-state index contributed by atoms with van der Waals surface area (Å²) in [6.07, 6.45) is 4.95. The second-order valence-electron chi connectivity index (χ2n) is 4.95. The van der Waals surface area contributed by atoms with Gasteiger partial charge in [0, 0.05) is 16.2 Å². The lowest BCUT2D eigenvalue weighted by molar-refractivity contribution is -0.131. The largest absolute Gasteiger partial charge is 0.273 e. The van der Waals surface area contributed by atoms with E-state index in [0.717, 1.165) is 22.3 Å². The van der Waals surface area contributed by atoms with Crippen molar-refractivity contribution < 1.29 is 9.59 Å². The van der Waals surface area contributed by atoms with Gasteiger partial charge in [0.25, 0.3) is 0 Å². The highest BCUT2D eigenvalue weighted by molar-refractivity contribution is 9.08. The van der Waals surface area contributed by atoms with Crippen molar-refractivity contribution in [3.63, 3.8) is 0 Å². The van der Waals surface area contributed by atoms with Gasteiger partial charge in [-0.1, -0.05) is 0 Å². The van der Waals surface area contributed by atoms with Gasteiger partial charge in [0.2, 0.25) is 11.8 Å². The maximum Gasteiger partial charge on any atom is 0.247 e. The summed E-state index contributed by atoms with van der Waals surface area (Å²) in [4.78, 5) is 26.4. The van der Waals surface area contributed by atoms with Crippen LogP contribution in [0.1, 0.15) is 46.1 Å². The van der Waals surface area contributed by atoms with E-state index in [-0.39, 0.29) is 17.7 Å². The van der Waals surface area contributed by atoms with Gasteiger partial charge in [-0.05, 0) is 43.7 Å². The predicted molar refractivity (Wildman–Crippen MR) is 73.8 cm³/mol. The summed E-state index contributed by atoms with van der Waals surface area (Å²) in [5, 5.41) is 0. The van der Waals surface area contributed by atoms with Crippen LogP contribution in [0.4, 0.5) is 0 Å². The van der Waals surface area contributed by atoms with E-state index in [1.165, 1.54) is 28.2 Å². The summed E-state index contributed by atoms with van der Waals surface area (Å²) < 4.78 is 1.10. The first-order valence-electron chi connectivity index (χ1n) is 6.23. The SMILES string of the molecule is Cc1sc2c(c1C1CC(=O)N(Br)C1=O)CCCC2. The molecule has 2 amide bonds. The van der Waals surface area contributed by atoms with Crippen LogP contribution in [0.2, 0.25) is 0 Å². The Morgan fingerprint density at radius 3 is 2.67 bits per heavy atom. The zero-order valence-electron chi connectivity index (χ0n) is 10.2. The molecule has 5 heteroatoms. The second kappa shape index (κ2) is 4.46. The number of thiophene rings is 1. The molecule has 1 unspecified atom stereocenters. The van der Waals surface area contributed by atoms with Crippen LogP contribution >= 0.6 is 27.5 Å². The van der Waals surface area contributed by atoms with E-state index in [9.17, 15) is 9.59 Å². The van der Waals surface area contributed by atoms with Gasteiger partial charge in [-0.15, -0.1) is 11.3 Å². The van der Waals surface area contributed by atoms with Crippen LogP contribution in [0, 0.1) is 6.92 Å². The highest BCUT2D eigenvalue weighted by Crippen LogP contribution is 2.42. The highest BCUT2D eigenvalue weighted by Gasteiger charge is 2.41. The zero-order chi connectivity index (χ0) is 12.9. The minimum absolute atomic E-state index is 0.103.